The first-order valence-electron chi connectivity index (χ1n) is 5.46. The minimum Gasteiger partial charge on any atom is -0.464 e. The Morgan fingerprint density at radius 3 is 2.94 bits per heavy atom. The van der Waals surface area contributed by atoms with Crippen molar-refractivity contribution in [2.45, 2.75) is 20.0 Å². The number of carbonyl (C=O) groups excluding carboxylic acids is 1. The Morgan fingerprint density at radius 2 is 2.24 bits per heavy atom. The van der Waals surface area contributed by atoms with Gasteiger partial charge in [-0.15, -0.1) is 0 Å². The van der Waals surface area contributed by atoms with E-state index in [0.29, 0.717) is 11.1 Å². The number of rotatable bonds is 3. The number of aliphatic hydroxyl groups excluding tert-OH is 1. The van der Waals surface area contributed by atoms with Gasteiger partial charge in [0.05, 0.1) is 6.61 Å². The van der Waals surface area contributed by atoms with Crippen LogP contribution in [0.3, 0.4) is 0 Å². The summed E-state index contributed by atoms with van der Waals surface area (Å²) in [5.41, 5.74) is 1.13. The summed E-state index contributed by atoms with van der Waals surface area (Å²) in [6.07, 6.45) is -1.26. The average molecular weight is 234 g/mol. The van der Waals surface area contributed by atoms with Crippen LogP contribution in [0, 0.1) is 6.92 Å². The van der Waals surface area contributed by atoms with E-state index in [2.05, 4.69) is 0 Å². The SMILES string of the molecule is CCOC(=O)C(O)c1ccc2cc(C)oc2c1. The number of hydrogen-bond acceptors (Lipinski definition) is 4. The molecule has 90 valence electrons. The summed E-state index contributed by atoms with van der Waals surface area (Å²) in [6.45, 7) is 3.79. The van der Waals surface area contributed by atoms with Crippen LogP contribution in [0.2, 0.25) is 0 Å². The third-order valence-electron chi connectivity index (χ3n) is 2.49. The molecule has 4 nitrogen and oxygen atoms in total. The molecule has 0 bridgehead atoms. The molecule has 0 radical (unpaired) electrons. The zero-order chi connectivity index (χ0) is 12.4. The summed E-state index contributed by atoms with van der Waals surface area (Å²) in [4.78, 5) is 11.4. The van der Waals surface area contributed by atoms with E-state index in [1.54, 1.807) is 19.1 Å². The molecule has 2 rings (SSSR count). The number of furan rings is 1. The van der Waals surface area contributed by atoms with Crippen molar-refractivity contribution in [2.24, 2.45) is 0 Å². The number of ether oxygens (including phenoxy) is 1. The molecule has 17 heavy (non-hydrogen) atoms. The van der Waals surface area contributed by atoms with Crippen LogP contribution in [0.1, 0.15) is 24.4 Å². The van der Waals surface area contributed by atoms with E-state index in [9.17, 15) is 9.90 Å². The van der Waals surface area contributed by atoms with Crippen molar-refractivity contribution in [3.63, 3.8) is 0 Å². The summed E-state index contributed by atoms with van der Waals surface area (Å²) in [7, 11) is 0. The van der Waals surface area contributed by atoms with Crippen LogP contribution in [0.25, 0.3) is 11.0 Å². The molecule has 1 heterocycles. The van der Waals surface area contributed by atoms with Gasteiger partial charge in [-0.2, -0.15) is 0 Å². The van der Waals surface area contributed by atoms with Crippen LogP contribution < -0.4 is 0 Å². The zero-order valence-electron chi connectivity index (χ0n) is 9.77. The highest BCUT2D eigenvalue weighted by atomic mass is 16.5. The lowest BCUT2D eigenvalue weighted by Crippen LogP contribution is -2.15. The zero-order valence-corrected chi connectivity index (χ0v) is 9.77. The van der Waals surface area contributed by atoms with Crippen LogP contribution in [-0.4, -0.2) is 17.7 Å². The summed E-state index contributed by atoms with van der Waals surface area (Å²) in [6, 6.07) is 7.06. The first-order valence-corrected chi connectivity index (χ1v) is 5.46. The van der Waals surface area contributed by atoms with Crippen LogP contribution >= 0.6 is 0 Å². The molecule has 2 aromatic rings. The van der Waals surface area contributed by atoms with Crippen molar-refractivity contribution in [3.8, 4) is 0 Å². The molecule has 1 atom stereocenters. The highest BCUT2D eigenvalue weighted by Gasteiger charge is 2.19. The quantitative estimate of drug-likeness (QED) is 0.828. The predicted molar refractivity (Wildman–Crippen MR) is 62.5 cm³/mol. The van der Waals surface area contributed by atoms with Gasteiger partial charge in [-0.25, -0.2) is 4.79 Å². The predicted octanol–water partition coefficient (Wildman–Crippen LogP) is 2.34. The fourth-order valence-corrected chi connectivity index (χ4v) is 1.71. The molecule has 0 aliphatic heterocycles. The van der Waals surface area contributed by atoms with E-state index in [1.165, 1.54) is 0 Å². The Hall–Kier alpha value is -1.81. The fraction of sp³-hybridized carbons (Fsp3) is 0.308. The van der Waals surface area contributed by atoms with Gasteiger partial charge in [0.15, 0.2) is 6.10 Å². The molecule has 0 saturated carbocycles. The number of carbonyl (C=O) groups is 1. The Balaban J connectivity index is 2.32. The van der Waals surface area contributed by atoms with Crippen molar-refractivity contribution in [3.05, 3.63) is 35.6 Å². The Bertz CT molecular complexity index is 541. The number of esters is 1. The van der Waals surface area contributed by atoms with Crippen molar-refractivity contribution in [1.82, 2.24) is 0 Å². The van der Waals surface area contributed by atoms with Crippen molar-refractivity contribution in [2.75, 3.05) is 6.61 Å². The van der Waals surface area contributed by atoms with Crippen LogP contribution in [0.15, 0.2) is 28.7 Å². The van der Waals surface area contributed by atoms with Crippen LogP contribution in [0.4, 0.5) is 0 Å². The summed E-state index contributed by atoms with van der Waals surface area (Å²) < 4.78 is 10.2. The van der Waals surface area contributed by atoms with E-state index in [1.807, 2.05) is 19.1 Å². The lowest BCUT2D eigenvalue weighted by Gasteiger charge is -2.09. The summed E-state index contributed by atoms with van der Waals surface area (Å²) >= 11 is 0. The second-order valence-corrected chi connectivity index (χ2v) is 3.81. The van der Waals surface area contributed by atoms with Crippen LogP contribution in [0.5, 0.6) is 0 Å². The van der Waals surface area contributed by atoms with Crippen molar-refractivity contribution >= 4 is 16.9 Å². The molecular formula is C13H14O4. The molecule has 1 N–H and O–H groups in total. The lowest BCUT2D eigenvalue weighted by atomic mass is 10.1. The molecule has 0 amide bonds. The van der Waals surface area contributed by atoms with E-state index < -0.39 is 12.1 Å². The number of fused-ring (bicyclic) bond motifs is 1. The maximum atomic E-state index is 11.4. The highest BCUT2D eigenvalue weighted by Crippen LogP contribution is 2.23. The maximum Gasteiger partial charge on any atom is 0.339 e. The topological polar surface area (TPSA) is 59.7 Å². The van der Waals surface area contributed by atoms with Gasteiger partial charge in [-0.3, -0.25) is 0 Å². The standard InChI is InChI=1S/C13H14O4/c1-3-16-13(15)12(14)10-5-4-9-6-8(2)17-11(9)7-10/h4-7,12,14H,3H2,1-2H3. The Labute approximate surface area is 98.8 Å². The van der Waals surface area contributed by atoms with Gasteiger partial charge in [-0.1, -0.05) is 12.1 Å². The second kappa shape index (κ2) is 4.59. The average Bonchev–Trinajstić information content (AvgIpc) is 2.67. The smallest absolute Gasteiger partial charge is 0.339 e. The molecule has 4 heteroatoms. The largest absolute Gasteiger partial charge is 0.464 e. The van der Waals surface area contributed by atoms with Crippen molar-refractivity contribution in [1.29, 1.82) is 0 Å². The number of hydrogen-bond donors (Lipinski definition) is 1. The number of benzene rings is 1. The highest BCUT2D eigenvalue weighted by molar-refractivity contribution is 5.82. The van der Waals surface area contributed by atoms with E-state index in [0.717, 1.165) is 11.1 Å². The monoisotopic (exact) mass is 234 g/mol. The maximum absolute atomic E-state index is 11.4. The minimum atomic E-state index is -1.26. The molecule has 1 aromatic heterocycles. The summed E-state index contributed by atoms with van der Waals surface area (Å²) in [5.74, 6) is 0.151. The van der Waals surface area contributed by atoms with E-state index >= 15 is 0 Å². The second-order valence-electron chi connectivity index (χ2n) is 3.81. The third-order valence-corrected chi connectivity index (χ3v) is 2.49. The van der Waals surface area contributed by atoms with Gasteiger partial charge in [0.1, 0.15) is 11.3 Å². The van der Waals surface area contributed by atoms with Crippen LogP contribution in [-0.2, 0) is 9.53 Å². The Morgan fingerprint density at radius 1 is 1.47 bits per heavy atom. The summed E-state index contributed by atoms with van der Waals surface area (Å²) in [5, 5.41) is 10.7. The van der Waals surface area contributed by atoms with Gasteiger partial charge >= 0.3 is 5.97 Å². The molecular weight excluding hydrogens is 220 g/mol. The first-order chi connectivity index (χ1) is 8.11. The lowest BCUT2D eigenvalue weighted by molar-refractivity contribution is -0.153. The molecule has 1 unspecified atom stereocenters. The van der Waals surface area contributed by atoms with Gasteiger partial charge in [0.2, 0.25) is 0 Å². The first kappa shape index (κ1) is 11.7. The molecule has 0 spiro atoms. The van der Waals surface area contributed by atoms with E-state index in [-0.39, 0.29) is 6.61 Å². The molecule has 0 aliphatic carbocycles. The van der Waals surface area contributed by atoms with Crippen molar-refractivity contribution < 1.29 is 19.1 Å². The minimum absolute atomic E-state index is 0.248. The van der Waals surface area contributed by atoms with E-state index in [4.69, 9.17) is 9.15 Å². The van der Waals surface area contributed by atoms with Gasteiger partial charge in [0, 0.05) is 5.39 Å². The number of aliphatic hydroxyl groups is 1. The Kier molecular flexibility index (Phi) is 3.15. The normalized spacial score (nSPS) is 12.6. The molecule has 0 fully saturated rings. The molecule has 0 saturated heterocycles. The molecule has 0 aliphatic rings. The molecule has 1 aromatic carbocycles. The fourth-order valence-electron chi connectivity index (χ4n) is 1.71. The third kappa shape index (κ3) is 2.31. The number of aryl methyl sites for hydroxylation is 1. The van der Waals surface area contributed by atoms with Gasteiger partial charge in [0.25, 0.3) is 0 Å². The van der Waals surface area contributed by atoms with Gasteiger partial charge in [-0.05, 0) is 31.5 Å². The van der Waals surface area contributed by atoms with Gasteiger partial charge < -0.3 is 14.3 Å².